The molecule has 0 bridgehead atoms. The summed E-state index contributed by atoms with van der Waals surface area (Å²) in [6.45, 7) is 2.70. The molecule has 0 spiro atoms. The van der Waals surface area contributed by atoms with Gasteiger partial charge in [-0.05, 0) is 55.0 Å². The number of sulfonamides is 2. The van der Waals surface area contributed by atoms with Gasteiger partial charge in [0.05, 0.1) is 23.9 Å². The fraction of sp³-hybridized carbons (Fsp3) is 0.350. The van der Waals surface area contributed by atoms with Crippen molar-refractivity contribution in [3.8, 4) is 0 Å². The van der Waals surface area contributed by atoms with E-state index >= 15 is 0 Å². The standard InChI is InChI=1S/C20H24FN3O6S2/c1-15-14-18(6-7-19(15)21)32(28,29)23-17-4-2-16(3-5-17)20(25)22-8-13-31(26,27)24-9-11-30-12-10-24/h2-7,14,23H,8-13H2,1H3,(H,22,25). The summed E-state index contributed by atoms with van der Waals surface area (Å²) in [5.41, 5.74) is 0.670. The second-order valence-electron chi connectivity index (χ2n) is 7.18. The summed E-state index contributed by atoms with van der Waals surface area (Å²) in [5, 5.41) is 2.55. The third-order valence-corrected chi connectivity index (χ3v) is 8.10. The lowest BCUT2D eigenvalue weighted by Gasteiger charge is -2.26. The van der Waals surface area contributed by atoms with Gasteiger partial charge in [0.2, 0.25) is 10.0 Å². The molecule has 0 unspecified atom stereocenters. The Hall–Kier alpha value is -2.54. The van der Waals surface area contributed by atoms with E-state index in [1.807, 2.05) is 0 Å². The van der Waals surface area contributed by atoms with Gasteiger partial charge in [0.1, 0.15) is 5.82 Å². The molecule has 1 aliphatic rings. The number of anilines is 1. The summed E-state index contributed by atoms with van der Waals surface area (Å²) >= 11 is 0. The molecule has 174 valence electrons. The summed E-state index contributed by atoms with van der Waals surface area (Å²) in [6.07, 6.45) is 0. The van der Waals surface area contributed by atoms with E-state index in [0.29, 0.717) is 26.3 Å². The highest BCUT2D eigenvalue weighted by Crippen LogP contribution is 2.19. The normalized spacial score (nSPS) is 15.3. The van der Waals surface area contributed by atoms with Crippen LogP contribution in [0, 0.1) is 12.7 Å². The number of nitrogens with one attached hydrogen (secondary N) is 2. The molecule has 0 atom stereocenters. The smallest absolute Gasteiger partial charge is 0.261 e. The van der Waals surface area contributed by atoms with Gasteiger partial charge in [-0.25, -0.2) is 21.2 Å². The maximum absolute atomic E-state index is 13.4. The number of carbonyl (C=O) groups is 1. The van der Waals surface area contributed by atoms with E-state index in [9.17, 15) is 26.0 Å². The first kappa shape index (κ1) is 24.1. The lowest BCUT2D eigenvalue weighted by molar-refractivity contribution is 0.0730. The van der Waals surface area contributed by atoms with Crippen LogP contribution in [-0.2, 0) is 24.8 Å². The zero-order chi connectivity index (χ0) is 23.4. The summed E-state index contributed by atoms with van der Waals surface area (Å²) < 4.78 is 71.7. The van der Waals surface area contributed by atoms with Gasteiger partial charge in [-0.3, -0.25) is 9.52 Å². The number of aryl methyl sites for hydroxylation is 1. The predicted octanol–water partition coefficient (Wildman–Crippen LogP) is 1.33. The molecular weight excluding hydrogens is 461 g/mol. The molecular formula is C20H24FN3O6S2. The number of ether oxygens (including phenoxy) is 1. The maximum Gasteiger partial charge on any atom is 0.261 e. The van der Waals surface area contributed by atoms with Gasteiger partial charge in [0.15, 0.2) is 0 Å². The van der Waals surface area contributed by atoms with E-state index in [1.54, 1.807) is 0 Å². The van der Waals surface area contributed by atoms with Crippen molar-refractivity contribution in [1.29, 1.82) is 0 Å². The quantitative estimate of drug-likeness (QED) is 0.582. The fourth-order valence-corrected chi connectivity index (χ4v) is 5.50. The van der Waals surface area contributed by atoms with Crippen LogP contribution in [0.4, 0.5) is 10.1 Å². The van der Waals surface area contributed by atoms with Crippen molar-refractivity contribution in [1.82, 2.24) is 9.62 Å². The zero-order valence-electron chi connectivity index (χ0n) is 17.4. The minimum Gasteiger partial charge on any atom is -0.379 e. The molecule has 2 aromatic rings. The molecule has 9 nitrogen and oxygen atoms in total. The van der Waals surface area contributed by atoms with Gasteiger partial charge in [-0.15, -0.1) is 0 Å². The van der Waals surface area contributed by atoms with Gasteiger partial charge in [-0.2, -0.15) is 4.31 Å². The molecule has 32 heavy (non-hydrogen) atoms. The number of rotatable bonds is 8. The molecule has 0 saturated carbocycles. The average molecular weight is 486 g/mol. The van der Waals surface area contributed by atoms with Crippen LogP contribution in [-0.4, -0.2) is 65.6 Å². The molecule has 1 aliphatic heterocycles. The molecule has 1 heterocycles. The lowest BCUT2D eigenvalue weighted by atomic mass is 10.2. The number of benzene rings is 2. The van der Waals surface area contributed by atoms with E-state index in [1.165, 1.54) is 41.6 Å². The van der Waals surface area contributed by atoms with Crippen LogP contribution in [0.15, 0.2) is 47.4 Å². The number of hydrogen-bond donors (Lipinski definition) is 2. The molecule has 0 radical (unpaired) electrons. The van der Waals surface area contributed by atoms with Crippen molar-refractivity contribution in [2.24, 2.45) is 0 Å². The molecule has 1 saturated heterocycles. The lowest BCUT2D eigenvalue weighted by Crippen LogP contribution is -2.43. The molecule has 3 rings (SSSR count). The van der Waals surface area contributed by atoms with Crippen LogP contribution in [0.2, 0.25) is 0 Å². The zero-order valence-corrected chi connectivity index (χ0v) is 19.0. The van der Waals surface area contributed by atoms with Crippen LogP contribution in [0.3, 0.4) is 0 Å². The second kappa shape index (κ2) is 9.94. The number of hydrogen-bond acceptors (Lipinski definition) is 6. The van der Waals surface area contributed by atoms with Crippen LogP contribution in [0.5, 0.6) is 0 Å². The Morgan fingerprint density at radius 2 is 1.72 bits per heavy atom. The van der Waals surface area contributed by atoms with Gasteiger partial charge in [0.25, 0.3) is 15.9 Å². The van der Waals surface area contributed by atoms with Gasteiger partial charge >= 0.3 is 0 Å². The van der Waals surface area contributed by atoms with Crippen molar-refractivity contribution in [3.05, 3.63) is 59.4 Å². The van der Waals surface area contributed by atoms with Crippen molar-refractivity contribution in [2.45, 2.75) is 11.8 Å². The summed E-state index contributed by atoms with van der Waals surface area (Å²) in [6, 6.07) is 9.12. The molecule has 0 aliphatic carbocycles. The topological polar surface area (TPSA) is 122 Å². The Balaban J connectivity index is 1.56. The van der Waals surface area contributed by atoms with Gasteiger partial charge in [0, 0.05) is 30.9 Å². The van der Waals surface area contributed by atoms with E-state index in [0.717, 1.165) is 12.1 Å². The predicted molar refractivity (Wildman–Crippen MR) is 117 cm³/mol. The minimum absolute atomic E-state index is 0.0587. The molecule has 0 aromatic heterocycles. The second-order valence-corrected chi connectivity index (χ2v) is 10.9. The molecule has 1 fully saturated rings. The van der Waals surface area contributed by atoms with E-state index in [2.05, 4.69) is 10.0 Å². The number of halogens is 1. The van der Waals surface area contributed by atoms with Crippen molar-refractivity contribution >= 4 is 31.6 Å². The minimum atomic E-state index is -3.92. The van der Waals surface area contributed by atoms with E-state index < -0.39 is 31.8 Å². The highest BCUT2D eigenvalue weighted by atomic mass is 32.2. The summed E-state index contributed by atoms with van der Waals surface area (Å²) in [7, 11) is -7.41. The van der Waals surface area contributed by atoms with Crippen LogP contribution >= 0.6 is 0 Å². The van der Waals surface area contributed by atoms with E-state index in [-0.39, 0.29) is 34.0 Å². The Kier molecular flexibility index (Phi) is 7.49. The Morgan fingerprint density at radius 1 is 1.06 bits per heavy atom. The number of carbonyl (C=O) groups excluding carboxylic acids is 1. The third kappa shape index (κ3) is 6.03. The summed E-state index contributed by atoms with van der Waals surface area (Å²) in [5.74, 6) is -1.21. The van der Waals surface area contributed by atoms with Crippen molar-refractivity contribution in [3.63, 3.8) is 0 Å². The van der Waals surface area contributed by atoms with Crippen LogP contribution in [0.25, 0.3) is 0 Å². The molecule has 2 aromatic carbocycles. The Morgan fingerprint density at radius 3 is 2.34 bits per heavy atom. The largest absolute Gasteiger partial charge is 0.379 e. The SMILES string of the molecule is Cc1cc(S(=O)(=O)Nc2ccc(C(=O)NCCS(=O)(=O)N3CCOCC3)cc2)ccc1F. The molecule has 2 N–H and O–H groups in total. The average Bonchev–Trinajstić information content (AvgIpc) is 2.76. The van der Waals surface area contributed by atoms with Crippen molar-refractivity contribution in [2.75, 3.05) is 43.3 Å². The Labute approximate surface area is 186 Å². The maximum atomic E-state index is 13.4. The first-order valence-electron chi connectivity index (χ1n) is 9.81. The number of morpholine rings is 1. The van der Waals surface area contributed by atoms with Gasteiger partial charge in [-0.1, -0.05) is 0 Å². The first-order chi connectivity index (χ1) is 15.1. The van der Waals surface area contributed by atoms with Crippen molar-refractivity contribution < 1.29 is 30.8 Å². The molecule has 1 amide bonds. The number of nitrogens with zero attached hydrogens (tertiary/aromatic N) is 1. The molecule has 12 heteroatoms. The number of amides is 1. The highest BCUT2D eigenvalue weighted by molar-refractivity contribution is 7.92. The van der Waals surface area contributed by atoms with Crippen LogP contribution < -0.4 is 10.0 Å². The highest BCUT2D eigenvalue weighted by Gasteiger charge is 2.24. The Bertz CT molecular complexity index is 1180. The van der Waals surface area contributed by atoms with Crippen LogP contribution in [0.1, 0.15) is 15.9 Å². The monoisotopic (exact) mass is 485 g/mol. The third-order valence-electron chi connectivity index (χ3n) is 4.85. The summed E-state index contributed by atoms with van der Waals surface area (Å²) in [4.78, 5) is 12.2. The first-order valence-corrected chi connectivity index (χ1v) is 12.9. The van der Waals surface area contributed by atoms with Gasteiger partial charge < -0.3 is 10.1 Å². The van der Waals surface area contributed by atoms with E-state index in [4.69, 9.17) is 4.74 Å². The fourth-order valence-electron chi connectivity index (χ4n) is 3.04.